The third-order valence-corrected chi connectivity index (χ3v) is 9.54. The summed E-state index contributed by atoms with van der Waals surface area (Å²) in [5, 5.41) is 3.69. The minimum absolute atomic E-state index is 0.0503. The molecule has 7 heteroatoms. The van der Waals surface area contributed by atoms with E-state index in [1.165, 1.54) is 6.33 Å². The van der Waals surface area contributed by atoms with Gasteiger partial charge in [-0.3, -0.25) is 0 Å². The number of nitrogens with one attached hydrogen (secondary N) is 1. The van der Waals surface area contributed by atoms with E-state index in [2.05, 4.69) is 55.7 Å². The number of nitrogens with zero attached hydrogens (tertiary/aromatic N) is 2. The SMILES string of the molecule is C=C(O[Si](C)(C)C(C)(C)C)c1c(Cl)ncnc1NCc1ccc(OC)cc1. The minimum Gasteiger partial charge on any atom is -0.543 e. The van der Waals surface area contributed by atoms with E-state index in [4.69, 9.17) is 20.8 Å². The number of hydrogen-bond donors (Lipinski definition) is 1. The summed E-state index contributed by atoms with van der Waals surface area (Å²) < 4.78 is 11.5. The quantitative estimate of drug-likeness (QED) is 0.361. The zero-order valence-corrected chi connectivity index (χ0v) is 18.6. The molecule has 2 aromatic rings. The summed E-state index contributed by atoms with van der Waals surface area (Å²) in [6.45, 7) is 15.6. The molecule has 0 spiro atoms. The van der Waals surface area contributed by atoms with Crippen LogP contribution in [-0.2, 0) is 11.0 Å². The molecule has 0 radical (unpaired) electrons. The maximum atomic E-state index is 6.36. The van der Waals surface area contributed by atoms with E-state index in [9.17, 15) is 0 Å². The molecular weight excluding hydrogens is 378 g/mol. The molecule has 27 heavy (non-hydrogen) atoms. The third-order valence-electron chi connectivity index (χ3n) is 4.88. The number of halogens is 1. The monoisotopic (exact) mass is 405 g/mol. The maximum Gasteiger partial charge on any atom is 0.250 e. The largest absolute Gasteiger partial charge is 0.543 e. The molecule has 5 nitrogen and oxygen atoms in total. The molecule has 1 N–H and O–H groups in total. The van der Waals surface area contributed by atoms with Crippen LogP contribution >= 0.6 is 11.6 Å². The highest BCUT2D eigenvalue weighted by Crippen LogP contribution is 2.40. The van der Waals surface area contributed by atoms with Crippen LogP contribution in [0.4, 0.5) is 5.82 Å². The Kier molecular flexibility index (Phi) is 6.54. The van der Waals surface area contributed by atoms with Crippen LogP contribution in [0, 0.1) is 0 Å². The van der Waals surface area contributed by atoms with E-state index in [1.807, 2.05) is 24.3 Å². The lowest BCUT2D eigenvalue weighted by Gasteiger charge is -2.37. The number of rotatable bonds is 7. The molecule has 1 aromatic carbocycles. The highest BCUT2D eigenvalue weighted by molar-refractivity contribution is 6.74. The van der Waals surface area contributed by atoms with Gasteiger partial charge in [0.05, 0.1) is 12.7 Å². The first-order valence-electron chi connectivity index (χ1n) is 8.81. The van der Waals surface area contributed by atoms with Gasteiger partial charge in [0.2, 0.25) is 8.32 Å². The van der Waals surface area contributed by atoms with Crippen molar-refractivity contribution in [3.63, 3.8) is 0 Å². The number of anilines is 1. The smallest absolute Gasteiger partial charge is 0.250 e. The van der Waals surface area contributed by atoms with Crippen molar-refractivity contribution in [1.82, 2.24) is 9.97 Å². The molecule has 0 unspecified atom stereocenters. The normalized spacial score (nSPS) is 11.8. The summed E-state index contributed by atoms with van der Waals surface area (Å²) in [5.74, 6) is 1.93. The highest BCUT2D eigenvalue weighted by atomic mass is 35.5. The molecule has 1 aromatic heterocycles. The van der Waals surface area contributed by atoms with Crippen LogP contribution in [0.15, 0.2) is 37.2 Å². The van der Waals surface area contributed by atoms with Crippen LogP contribution in [0.2, 0.25) is 23.3 Å². The van der Waals surface area contributed by atoms with Gasteiger partial charge in [0.25, 0.3) is 0 Å². The second-order valence-corrected chi connectivity index (χ2v) is 13.0. The third kappa shape index (κ3) is 5.23. The van der Waals surface area contributed by atoms with Crippen LogP contribution in [-0.4, -0.2) is 25.4 Å². The Labute approximate surface area is 167 Å². The van der Waals surface area contributed by atoms with E-state index in [0.29, 0.717) is 28.8 Å². The highest BCUT2D eigenvalue weighted by Gasteiger charge is 2.39. The molecule has 0 saturated carbocycles. The first kappa shape index (κ1) is 21.2. The predicted octanol–water partition coefficient (Wildman–Crippen LogP) is 5.74. The predicted molar refractivity (Wildman–Crippen MR) is 115 cm³/mol. The fourth-order valence-electron chi connectivity index (χ4n) is 2.19. The van der Waals surface area contributed by atoms with Gasteiger partial charge in [0.1, 0.15) is 28.8 Å². The standard InChI is InChI=1S/C20H28ClN3O2Si/c1-14(26-27(6,7)20(2,3)4)17-18(21)23-13-24-19(17)22-12-15-8-10-16(25-5)11-9-15/h8-11,13H,1,12H2,2-7H3,(H,22,23,24). The molecule has 0 atom stereocenters. The number of hydrogen-bond acceptors (Lipinski definition) is 5. The lowest BCUT2D eigenvalue weighted by Crippen LogP contribution is -2.40. The zero-order valence-electron chi connectivity index (χ0n) is 16.9. The summed E-state index contributed by atoms with van der Waals surface area (Å²) >= 11 is 6.36. The van der Waals surface area contributed by atoms with E-state index in [1.54, 1.807) is 7.11 Å². The molecule has 0 aliphatic rings. The summed E-state index contributed by atoms with van der Waals surface area (Å²) in [5.41, 5.74) is 1.70. The Morgan fingerprint density at radius 2 is 1.81 bits per heavy atom. The van der Waals surface area contributed by atoms with Crippen molar-refractivity contribution in [2.75, 3.05) is 12.4 Å². The molecule has 0 fully saturated rings. The van der Waals surface area contributed by atoms with Gasteiger partial charge in [-0.2, -0.15) is 0 Å². The maximum absolute atomic E-state index is 6.36. The van der Waals surface area contributed by atoms with Gasteiger partial charge in [-0.15, -0.1) is 0 Å². The molecule has 0 saturated heterocycles. The van der Waals surface area contributed by atoms with Crippen molar-refractivity contribution in [3.05, 3.63) is 53.5 Å². The van der Waals surface area contributed by atoms with Crippen molar-refractivity contribution < 1.29 is 9.16 Å². The number of ether oxygens (including phenoxy) is 1. The summed E-state index contributed by atoms with van der Waals surface area (Å²) in [6.07, 6.45) is 1.43. The van der Waals surface area contributed by atoms with Crippen molar-refractivity contribution in [3.8, 4) is 5.75 Å². The molecule has 0 aliphatic heterocycles. The van der Waals surface area contributed by atoms with Crippen LogP contribution in [0.1, 0.15) is 31.9 Å². The van der Waals surface area contributed by atoms with E-state index in [0.717, 1.165) is 11.3 Å². The van der Waals surface area contributed by atoms with Gasteiger partial charge < -0.3 is 14.5 Å². The van der Waals surface area contributed by atoms with Crippen LogP contribution < -0.4 is 10.1 Å². The van der Waals surface area contributed by atoms with Crippen LogP contribution in [0.25, 0.3) is 5.76 Å². The average molecular weight is 406 g/mol. The van der Waals surface area contributed by atoms with Gasteiger partial charge in [0, 0.05) is 6.54 Å². The second-order valence-electron chi connectivity index (χ2n) is 7.88. The van der Waals surface area contributed by atoms with Gasteiger partial charge in [-0.25, -0.2) is 9.97 Å². The fraction of sp³-hybridized carbons (Fsp3) is 0.400. The van der Waals surface area contributed by atoms with Gasteiger partial charge in [0.15, 0.2) is 0 Å². The summed E-state index contributed by atoms with van der Waals surface area (Å²) in [7, 11) is -0.400. The molecule has 0 amide bonds. The Morgan fingerprint density at radius 1 is 1.19 bits per heavy atom. The summed E-state index contributed by atoms with van der Waals surface area (Å²) in [4.78, 5) is 8.45. The molecule has 2 rings (SSSR count). The zero-order chi connectivity index (χ0) is 20.2. The fourth-order valence-corrected chi connectivity index (χ4v) is 3.45. The molecule has 0 bridgehead atoms. The summed E-state index contributed by atoms with van der Waals surface area (Å²) in [6, 6.07) is 7.83. The van der Waals surface area contributed by atoms with Crippen LogP contribution in [0.3, 0.4) is 0 Å². The Hall–Kier alpha value is -2.05. The second kappa shape index (κ2) is 8.31. The lowest BCUT2D eigenvalue weighted by molar-refractivity contribution is 0.414. The first-order valence-corrected chi connectivity index (χ1v) is 12.1. The van der Waals surface area contributed by atoms with Crippen molar-refractivity contribution >= 4 is 31.5 Å². The van der Waals surface area contributed by atoms with Gasteiger partial charge in [-0.05, 0) is 35.8 Å². The Morgan fingerprint density at radius 3 is 2.37 bits per heavy atom. The molecule has 146 valence electrons. The molecule has 1 heterocycles. The van der Waals surface area contributed by atoms with Crippen molar-refractivity contribution in [1.29, 1.82) is 0 Å². The van der Waals surface area contributed by atoms with E-state index < -0.39 is 8.32 Å². The first-order chi connectivity index (χ1) is 12.5. The van der Waals surface area contributed by atoms with Crippen LogP contribution in [0.5, 0.6) is 5.75 Å². The van der Waals surface area contributed by atoms with Crippen molar-refractivity contribution in [2.24, 2.45) is 0 Å². The number of methoxy groups -OCH3 is 1. The van der Waals surface area contributed by atoms with Gasteiger partial charge >= 0.3 is 0 Å². The average Bonchev–Trinajstić information content (AvgIpc) is 2.58. The molecule has 0 aliphatic carbocycles. The topological polar surface area (TPSA) is 56.3 Å². The van der Waals surface area contributed by atoms with E-state index >= 15 is 0 Å². The number of benzene rings is 1. The minimum atomic E-state index is -2.05. The van der Waals surface area contributed by atoms with Crippen molar-refractivity contribution in [2.45, 2.75) is 45.4 Å². The molecular formula is C20H28ClN3O2Si. The van der Waals surface area contributed by atoms with E-state index in [-0.39, 0.29) is 5.04 Å². The lowest BCUT2D eigenvalue weighted by atomic mass is 10.2. The number of aromatic nitrogens is 2. The van der Waals surface area contributed by atoms with Gasteiger partial charge in [-0.1, -0.05) is 51.1 Å². The Bertz CT molecular complexity index is 802. The Balaban J connectivity index is 2.21.